The molecule has 0 N–H and O–H groups in total. The first-order valence-corrected chi connectivity index (χ1v) is 7.85. The lowest BCUT2D eigenvalue weighted by Gasteiger charge is -2.19. The molecule has 0 radical (unpaired) electrons. The van der Waals surface area contributed by atoms with E-state index in [4.69, 9.17) is 9.05 Å². The molecule has 0 saturated heterocycles. The van der Waals surface area contributed by atoms with E-state index in [-0.39, 0.29) is 0 Å². The summed E-state index contributed by atoms with van der Waals surface area (Å²) in [6, 6.07) is 7.42. The molecule has 0 aliphatic carbocycles. The maximum atomic E-state index is 12.9. The molecular formula is C15H21O3P. The van der Waals surface area contributed by atoms with E-state index in [0.717, 1.165) is 5.56 Å². The Morgan fingerprint density at radius 3 is 2.11 bits per heavy atom. The van der Waals surface area contributed by atoms with Crippen molar-refractivity contribution in [2.45, 2.75) is 19.8 Å². The van der Waals surface area contributed by atoms with Gasteiger partial charge in [-0.15, -0.1) is 13.2 Å². The second-order valence-electron chi connectivity index (χ2n) is 4.11. The molecule has 0 aliphatic rings. The van der Waals surface area contributed by atoms with Crippen molar-refractivity contribution in [2.24, 2.45) is 0 Å². The van der Waals surface area contributed by atoms with Gasteiger partial charge in [-0.2, -0.15) is 0 Å². The summed E-state index contributed by atoms with van der Waals surface area (Å²) in [5, 5.41) is 0.628. The van der Waals surface area contributed by atoms with Gasteiger partial charge >= 0.3 is 7.60 Å². The highest BCUT2D eigenvalue weighted by atomic mass is 31.2. The molecule has 0 bridgehead atoms. The van der Waals surface area contributed by atoms with Crippen LogP contribution in [0.2, 0.25) is 0 Å². The predicted octanol–water partition coefficient (Wildman–Crippen LogP) is 4.00. The van der Waals surface area contributed by atoms with Crippen molar-refractivity contribution in [3.05, 3.63) is 55.1 Å². The van der Waals surface area contributed by atoms with Gasteiger partial charge in [0.05, 0.1) is 18.5 Å². The van der Waals surface area contributed by atoms with Crippen LogP contribution < -0.4 is 5.30 Å². The van der Waals surface area contributed by atoms with Crippen LogP contribution in [0.4, 0.5) is 0 Å². The van der Waals surface area contributed by atoms with Crippen molar-refractivity contribution in [3.63, 3.8) is 0 Å². The molecule has 104 valence electrons. The second-order valence-corrected chi connectivity index (χ2v) is 6.10. The molecule has 4 heteroatoms. The maximum Gasteiger partial charge on any atom is 0.361 e. The summed E-state index contributed by atoms with van der Waals surface area (Å²) in [6.07, 6.45) is 4.74. The highest BCUT2D eigenvalue weighted by Crippen LogP contribution is 2.48. The van der Waals surface area contributed by atoms with Crippen LogP contribution >= 0.6 is 7.60 Å². The Hall–Kier alpha value is -1.15. The molecule has 0 spiro atoms. The molecule has 0 saturated carbocycles. The zero-order valence-corrected chi connectivity index (χ0v) is 12.3. The Bertz CT molecular complexity index is 450. The van der Waals surface area contributed by atoms with Gasteiger partial charge in [0.25, 0.3) is 0 Å². The molecule has 1 aromatic carbocycles. The van der Waals surface area contributed by atoms with E-state index in [9.17, 15) is 4.57 Å². The minimum Gasteiger partial charge on any atom is -0.305 e. The molecule has 0 atom stereocenters. The minimum absolute atomic E-state index is 0.337. The molecular weight excluding hydrogens is 259 g/mol. The largest absolute Gasteiger partial charge is 0.361 e. The van der Waals surface area contributed by atoms with Crippen molar-refractivity contribution >= 4 is 12.9 Å². The van der Waals surface area contributed by atoms with Gasteiger partial charge in [-0.05, 0) is 31.4 Å². The maximum absolute atomic E-state index is 12.9. The zero-order valence-electron chi connectivity index (χ0n) is 11.4. The first kappa shape index (κ1) is 15.9. The van der Waals surface area contributed by atoms with Crippen LogP contribution in [0.3, 0.4) is 0 Å². The van der Waals surface area contributed by atoms with Gasteiger partial charge in [0.15, 0.2) is 0 Å². The summed E-state index contributed by atoms with van der Waals surface area (Å²) in [4.78, 5) is 0. The van der Waals surface area contributed by atoms with Crippen molar-refractivity contribution in [1.29, 1.82) is 0 Å². The fourth-order valence-corrected chi connectivity index (χ4v) is 3.38. The van der Waals surface area contributed by atoms with Crippen LogP contribution in [0.5, 0.6) is 0 Å². The Kier molecular flexibility index (Phi) is 6.79. The Morgan fingerprint density at radius 2 is 1.63 bits per heavy atom. The molecule has 0 heterocycles. The quantitative estimate of drug-likeness (QED) is 0.389. The SMILES string of the molecule is C=CCCOP(=O)(OCCC=C)c1ccccc1C. The first-order chi connectivity index (χ1) is 9.14. The fourth-order valence-electron chi connectivity index (χ4n) is 1.56. The summed E-state index contributed by atoms with van der Waals surface area (Å²) in [6.45, 7) is 9.82. The van der Waals surface area contributed by atoms with E-state index in [0.29, 0.717) is 31.4 Å². The van der Waals surface area contributed by atoms with Crippen LogP contribution in [0.15, 0.2) is 49.6 Å². The summed E-state index contributed by atoms with van der Waals surface area (Å²) >= 11 is 0. The number of aryl methyl sites for hydroxylation is 1. The Balaban J connectivity index is 2.90. The predicted molar refractivity (Wildman–Crippen MR) is 80.0 cm³/mol. The van der Waals surface area contributed by atoms with Gasteiger partial charge in [0, 0.05) is 0 Å². The van der Waals surface area contributed by atoms with E-state index >= 15 is 0 Å². The van der Waals surface area contributed by atoms with E-state index < -0.39 is 7.60 Å². The third-order valence-electron chi connectivity index (χ3n) is 2.58. The second kappa shape index (κ2) is 8.11. The third kappa shape index (κ3) is 4.79. The Labute approximate surface area is 115 Å². The van der Waals surface area contributed by atoms with E-state index in [1.54, 1.807) is 18.2 Å². The van der Waals surface area contributed by atoms with Gasteiger partial charge in [0.1, 0.15) is 0 Å². The number of benzene rings is 1. The van der Waals surface area contributed by atoms with Crippen LogP contribution in [-0.2, 0) is 13.6 Å². The molecule has 0 aromatic heterocycles. The van der Waals surface area contributed by atoms with Gasteiger partial charge in [-0.25, -0.2) is 0 Å². The minimum atomic E-state index is -3.26. The molecule has 0 unspecified atom stereocenters. The molecule has 0 amide bonds. The number of rotatable bonds is 9. The lowest BCUT2D eigenvalue weighted by Crippen LogP contribution is -2.14. The van der Waals surface area contributed by atoms with Crippen LogP contribution in [0.25, 0.3) is 0 Å². The number of hydrogen-bond donors (Lipinski definition) is 0. The third-order valence-corrected chi connectivity index (χ3v) is 4.71. The van der Waals surface area contributed by atoms with Crippen LogP contribution in [0.1, 0.15) is 18.4 Å². The van der Waals surface area contributed by atoms with Crippen molar-refractivity contribution < 1.29 is 13.6 Å². The highest BCUT2D eigenvalue weighted by molar-refractivity contribution is 7.62. The van der Waals surface area contributed by atoms with Crippen molar-refractivity contribution in [2.75, 3.05) is 13.2 Å². The molecule has 0 fully saturated rings. The lowest BCUT2D eigenvalue weighted by molar-refractivity contribution is 0.218. The van der Waals surface area contributed by atoms with Crippen LogP contribution in [0, 0.1) is 6.92 Å². The summed E-state index contributed by atoms with van der Waals surface area (Å²) in [5.41, 5.74) is 0.906. The van der Waals surface area contributed by atoms with Gasteiger partial charge in [-0.3, -0.25) is 4.57 Å². The highest BCUT2D eigenvalue weighted by Gasteiger charge is 2.28. The van der Waals surface area contributed by atoms with Crippen LogP contribution in [-0.4, -0.2) is 13.2 Å². The Morgan fingerprint density at radius 1 is 1.11 bits per heavy atom. The lowest BCUT2D eigenvalue weighted by atomic mass is 10.2. The van der Waals surface area contributed by atoms with E-state index in [1.807, 2.05) is 25.1 Å². The molecule has 1 aromatic rings. The average Bonchev–Trinajstić information content (AvgIpc) is 2.40. The monoisotopic (exact) mass is 280 g/mol. The average molecular weight is 280 g/mol. The molecule has 3 nitrogen and oxygen atoms in total. The first-order valence-electron chi connectivity index (χ1n) is 6.31. The van der Waals surface area contributed by atoms with E-state index in [2.05, 4.69) is 13.2 Å². The standard InChI is InChI=1S/C15H21O3P/c1-4-6-12-17-19(16,18-13-7-5-2)15-11-9-8-10-14(15)3/h4-5,8-11H,1-2,6-7,12-13H2,3H3. The summed E-state index contributed by atoms with van der Waals surface area (Å²) in [7, 11) is -3.26. The van der Waals surface area contributed by atoms with Gasteiger partial charge in [-0.1, -0.05) is 30.4 Å². The fraction of sp³-hybridized carbons (Fsp3) is 0.333. The normalized spacial score (nSPS) is 11.2. The number of hydrogen-bond acceptors (Lipinski definition) is 3. The zero-order chi connectivity index (χ0) is 14.1. The van der Waals surface area contributed by atoms with Gasteiger partial charge in [0.2, 0.25) is 0 Å². The molecule has 19 heavy (non-hydrogen) atoms. The van der Waals surface area contributed by atoms with E-state index in [1.165, 1.54) is 0 Å². The molecule has 1 rings (SSSR count). The van der Waals surface area contributed by atoms with Gasteiger partial charge < -0.3 is 9.05 Å². The van der Waals surface area contributed by atoms with Crippen molar-refractivity contribution in [3.8, 4) is 0 Å². The summed E-state index contributed by atoms with van der Waals surface area (Å²) in [5.74, 6) is 0. The summed E-state index contributed by atoms with van der Waals surface area (Å²) < 4.78 is 23.9. The van der Waals surface area contributed by atoms with Crippen molar-refractivity contribution in [1.82, 2.24) is 0 Å². The smallest absolute Gasteiger partial charge is 0.305 e. The molecule has 0 aliphatic heterocycles. The topological polar surface area (TPSA) is 35.5 Å².